The second kappa shape index (κ2) is 10.8. The number of carbonyl (C=O) groups excluding carboxylic acids is 2. The van der Waals surface area contributed by atoms with Crippen LogP contribution in [-0.4, -0.2) is 18.0 Å². The van der Waals surface area contributed by atoms with E-state index in [4.69, 9.17) is 4.74 Å². The predicted molar refractivity (Wildman–Crippen MR) is 126 cm³/mol. The molecule has 3 aromatic rings. The van der Waals surface area contributed by atoms with E-state index < -0.39 is 12.1 Å². The smallest absolute Gasteiger partial charge is 0.408 e. The first-order chi connectivity index (χ1) is 14.9. The second-order valence-electron chi connectivity index (χ2n) is 7.35. The van der Waals surface area contributed by atoms with E-state index >= 15 is 0 Å². The van der Waals surface area contributed by atoms with Gasteiger partial charge in [0.1, 0.15) is 12.6 Å². The number of rotatable bonds is 7. The number of hydrogen-bond donors (Lipinski definition) is 2. The maximum atomic E-state index is 13.1. The second-order valence-corrected chi connectivity index (χ2v) is 8.21. The molecule has 0 unspecified atom stereocenters. The first-order valence-electron chi connectivity index (χ1n) is 10.0. The molecule has 0 aromatic heterocycles. The molecule has 3 rings (SSSR count). The van der Waals surface area contributed by atoms with Crippen molar-refractivity contribution in [3.63, 3.8) is 0 Å². The van der Waals surface area contributed by atoms with Gasteiger partial charge in [0, 0.05) is 10.9 Å². The summed E-state index contributed by atoms with van der Waals surface area (Å²) in [5, 5.41) is 5.63. The molecule has 0 aliphatic heterocycles. The van der Waals surface area contributed by atoms with Crippen LogP contribution in [-0.2, 0) is 22.6 Å². The van der Waals surface area contributed by atoms with Gasteiger partial charge in [-0.2, -0.15) is 0 Å². The zero-order valence-corrected chi connectivity index (χ0v) is 19.1. The van der Waals surface area contributed by atoms with Gasteiger partial charge in [-0.1, -0.05) is 60.7 Å². The van der Waals surface area contributed by atoms with Crippen LogP contribution in [0.4, 0.5) is 10.5 Å². The van der Waals surface area contributed by atoms with Crippen molar-refractivity contribution in [2.75, 3.05) is 5.32 Å². The molecule has 0 saturated carbocycles. The maximum absolute atomic E-state index is 13.1. The fourth-order valence-electron chi connectivity index (χ4n) is 3.06. The molecule has 2 amide bonds. The topological polar surface area (TPSA) is 67.4 Å². The van der Waals surface area contributed by atoms with Crippen molar-refractivity contribution in [1.82, 2.24) is 5.32 Å². The first-order valence-corrected chi connectivity index (χ1v) is 10.8. The van der Waals surface area contributed by atoms with E-state index in [0.717, 1.165) is 26.7 Å². The monoisotopic (exact) mass is 480 g/mol. The molecule has 0 bridgehead atoms. The summed E-state index contributed by atoms with van der Waals surface area (Å²) in [5.74, 6) is -0.315. The summed E-state index contributed by atoms with van der Waals surface area (Å²) in [6.45, 7) is 4.13. The zero-order valence-electron chi connectivity index (χ0n) is 17.5. The molecule has 0 aliphatic rings. The highest BCUT2D eigenvalue weighted by Gasteiger charge is 2.23. The highest BCUT2D eigenvalue weighted by atomic mass is 79.9. The van der Waals surface area contributed by atoms with E-state index in [2.05, 4.69) is 26.6 Å². The molecule has 0 aliphatic carbocycles. The van der Waals surface area contributed by atoms with Crippen LogP contribution < -0.4 is 10.6 Å². The van der Waals surface area contributed by atoms with E-state index in [-0.39, 0.29) is 12.5 Å². The van der Waals surface area contributed by atoms with Crippen LogP contribution in [0.15, 0.2) is 77.3 Å². The van der Waals surface area contributed by atoms with Gasteiger partial charge in [-0.05, 0) is 64.2 Å². The van der Waals surface area contributed by atoms with E-state index in [1.54, 1.807) is 0 Å². The minimum absolute atomic E-state index is 0.134. The minimum atomic E-state index is -0.792. The number of aryl methyl sites for hydroxylation is 2. The number of hydrogen-bond acceptors (Lipinski definition) is 3. The largest absolute Gasteiger partial charge is 0.445 e. The minimum Gasteiger partial charge on any atom is -0.445 e. The SMILES string of the molecule is Cc1cc(Br)c(NC(=O)[C@H](Cc2ccccc2)NC(=O)OCc2ccccc2)cc1C. The lowest BCUT2D eigenvalue weighted by molar-refractivity contribution is -0.118. The van der Waals surface area contributed by atoms with Gasteiger partial charge in [-0.15, -0.1) is 0 Å². The summed E-state index contributed by atoms with van der Waals surface area (Å²) in [7, 11) is 0. The molecule has 0 fully saturated rings. The van der Waals surface area contributed by atoms with E-state index in [1.165, 1.54) is 0 Å². The Hall–Kier alpha value is -3.12. The highest BCUT2D eigenvalue weighted by Crippen LogP contribution is 2.26. The van der Waals surface area contributed by atoms with Crippen LogP contribution in [0.2, 0.25) is 0 Å². The quantitative estimate of drug-likeness (QED) is 0.466. The van der Waals surface area contributed by atoms with Crippen molar-refractivity contribution in [3.8, 4) is 0 Å². The van der Waals surface area contributed by atoms with Crippen molar-refractivity contribution in [1.29, 1.82) is 0 Å². The molecule has 0 spiro atoms. The molecule has 0 heterocycles. The normalized spacial score (nSPS) is 11.5. The number of carbonyl (C=O) groups is 2. The number of halogens is 1. The molecular weight excluding hydrogens is 456 g/mol. The molecule has 6 heteroatoms. The zero-order chi connectivity index (χ0) is 22.2. The van der Waals surface area contributed by atoms with Crippen molar-refractivity contribution in [3.05, 3.63) is 99.5 Å². The van der Waals surface area contributed by atoms with Crippen LogP contribution in [0.5, 0.6) is 0 Å². The number of amides is 2. The molecule has 0 saturated heterocycles. The maximum Gasteiger partial charge on any atom is 0.408 e. The lowest BCUT2D eigenvalue weighted by atomic mass is 10.0. The third-order valence-corrected chi connectivity index (χ3v) is 5.60. The number of benzene rings is 3. The Morgan fingerprint density at radius 3 is 2.13 bits per heavy atom. The molecule has 3 aromatic carbocycles. The van der Waals surface area contributed by atoms with Crippen molar-refractivity contribution in [2.24, 2.45) is 0 Å². The van der Waals surface area contributed by atoms with Crippen LogP contribution in [0.3, 0.4) is 0 Å². The average Bonchev–Trinajstić information content (AvgIpc) is 2.77. The Morgan fingerprint density at radius 2 is 1.48 bits per heavy atom. The Kier molecular flexibility index (Phi) is 7.84. The summed E-state index contributed by atoms with van der Waals surface area (Å²) in [6, 6.07) is 22.0. The van der Waals surface area contributed by atoms with Gasteiger partial charge in [-0.3, -0.25) is 4.79 Å². The summed E-state index contributed by atoms with van der Waals surface area (Å²) < 4.78 is 6.10. The molecule has 160 valence electrons. The Labute approximate surface area is 191 Å². The van der Waals surface area contributed by atoms with Crippen molar-refractivity contribution in [2.45, 2.75) is 32.9 Å². The summed E-state index contributed by atoms with van der Waals surface area (Å²) in [4.78, 5) is 25.5. The van der Waals surface area contributed by atoms with E-state index in [1.807, 2.05) is 86.6 Å². The third-order valence-electron chi connectivity index (χ3n) is 4.95. The molecule has 0 radical (unpaired) electrons. The Bertz CT molecular complexity index is 1040. The van der Waals surface area contributed by atoms with Gasteiger partial charge in [0.05, 0.1) is 5.69 Å². The van der Waals surface area contributed by atoms with Gasteiger partial charge in [0.15, 0.2) is 0 Å². The average molecular weight is 481 g/mol. The Balaban J connectivity index is 1.71. The number of ether oxygens (including phenoxy) is 1. The van der Waals surface area contributed by atoms with Crippen LogP contribution in [0, 0.1) is 13.8 Å². The highest BCUT2D eigenvalue weighted by molar-refractivity contribution is 9.10. The van der Waals surface area contributed by atoms with Gasteiger partial charge in [0.25, 0.3) is 0 Å². The van der Waals surface area contributed by atoms with E-state index in [0.29, 0.717) is 12.1 Å². The lowest BCUT2D eigenvalue weighted by Gasteiger charge is -2.19. The van der Waals surface area contributed by atoms with Gasteiger partial charge in [-0.25, -0.2) is 4.79 Å². The molecule has 2 N–H and O–H groups in total. The first kappa shape index (κ1) is 22.6. The van der Waals surface area contributed by atoms with Crippen molar-refractivity contribution < 1.29 is 14.3 Å². The third kappa shape index (κ3) is 6.69. The summed E-state index contributed by atoms with van der Waals surface area (Å²) in [5.41, 5.74) is 4.65. The number of anilines is 1. The molecule has 31 heavy (non-hydrogen) atoms. The lowest BCUT2D eigenvalue weighted by Crippen LogP contribution is -2.45. The summed E-state index contributed by atoms with van der Waals surface area (Å²) >= 11 is 3.50. The van der Waals surface area contributed by atoms with E-state index in [9.17, 15) is 9.59 Å². The number of nitrogens with one attached hydrogen (secondary N) is 2. The van der Waals surface area contributed by atoms with Crippen molar-refractivity contribution >= 4 is 33.6 Å². The number of alkyl carbamates (subject to hydrolysis) is 1. The van der Waals surface area contributed by atoms with Gasteiger partial charge < -0.3 is 15.4 Å². The molecular formula is C25H25BrN2O3. The molecule has 1 atom stereocenters. The van der Waals surface area contributed by atoms with Gasteiger partial charge in [0.2, 0.25) is 5.91 Å². The van der Waals surface area contributed by atoms with Crippen LogP contribution in [0.1, 0.15) is 22.3 Å². The summed E-state index contributed by atoms with van der Waals surface area (Å²) in [6.07, 6.45) is -0.297. The fraction of sp³-hybridized carbons (Fsp3) is 0.200. The molecule has 5 nitrogen and oxygen atoms in total. The standard InChI is InChI=1S/C25H25BrN2O3/c1-17-13-21(26)22(14-18(17)2)27-24(29)23(15-19-9-5-3-6-10-19)28-25(30)31-16-20-11-7-4-8-12-20/h3-14,23H,15-16H2,1-2H3,(H,27,29)(H,28,30)/t23-/m0/s1. The van der Waals surface area contributed by atoms with Gasteiger partial charge >= 0.3 is 6.09 Å². The van der Waals surface area contributed by atoms with Crippen LogP contribution >= 0.6 is 15.9 Å². The fourth-order valence-corrected chi connectivity index (χ4v) is 3.62. The predicted octanol–water partition coefficient (Wildman–Crippen LogP) is 5.54. The van der Waals surface area contributed by atoms with Crippen LogP contribution in [0.25, 0.3) is 0 Å². The Morgan fingerprint density at radius 1 is 0.903 bits per heavy atom.